The lowest BCUT2D eigenvalue weighted by Gasteiger charge is -2.28. The third-order valence-corrected chi connectivity index (χ3v) is 5.97. The number of carbonyl (C=O) groups is 2. The summed E-state index contributed by atoms with van der Waals surface area (Å²) < 4.78 is 5.34. The topological polar surface area (TPSA) is 55.4 Å². The first-order chi connectivity index (χ1) is 13.8. The number of benzene rings is 2. The first-order valence-corrected chi connectivity index (χ1v) is 10.7. The van der Waals surface area contributed by atoms with Gasteiger partial charge in [0.05, 0.1) is 22.1 Å². The Morgan fingerprint density at radius 2 is 1.62 bits per heavy atom. The Kier molecular flexibility index (Phi) is 7.20. The Morgan fingerprint density at radius 1 is 0.966 bits per heavy atom. The number of esters is 1. The highest BCUT2D eigenvalue weighted by Crippen LogP contribution is 2.36. The molecule has 0 radical (unpaired) electrons. The smallest absolute Gasteiger partial charge is 0.309 e. The summed E-state index contributed by atoms with van der Waals surface area (Å²) in [7, 11) is 0. The molecule has 1 N–H and O–H groups in total. The van der Waals surface area contributed by atoms with Crippen molar-refractivity contribution in [3.8, 4) is 0 Å². The Bertz CT molecular complexity index is 872. The lowest BCUT2D eigenvalue weighted by Crippen LogP contribution is -2.25. The summed E-state index contributed by atoms with van der Waals surface area (Å²) in [6.07, 6.45) is 3.57. The van der Waals surface area contributed by atoms with Crippen molar-refractivity contribution in [1.29, 1.82) is 0 Å². The van der Waals surface area contributed by atoms with Gasteiger partial charge in [-0.05, 0) is 81.3 Å². The predicted octanol–water partition coefficient (Wildman–Crippen LogP) is 6.47. The zero-order valence-corrected chi connectivity index (χ0v) is 18.1. The van der Waals surface area contributed by atoms with E-state index in [1.807, 2.05) is 38.1 Å². The Balaban J connectivity index is 1.56. The third-order valence-electron chi connectivity index (χ3n) is 5.23. The zero-order chi connectivity index (χ0) is 21.0. The summed E-state index contributed by atoms with van der Waals surface area (Å²) in [5.74, 6) is 0.135. The first kappa shape index (κ1) is 21.7. The van der Waals surface area contributed by atoms with Crippen molar-refractivity contribution in [1.82, 2.24) is 0 Å². The van der Waals surface area contributed by atoms with Gasteiger partial charge in [0.25, 0.3) is 5.91 Å². The van der Waals surface area contributed by atoms with Gasteiger partial charge in [-0.2, -0.15) is 0 Å². The maximum atomic E-state index is 12.4. The highest BCUT2D eigenvalue weighted by atomic mass is 35.5. The summed E-state index contributed by atoms with van der Waals surface area (Å²) in [5.41, 5.74) is 2.40. The van der Waals surface area contributed by atoms with Gasteiger partial charge in [-0.25, -0.2) is 0 Å². The van der Waals surface area contributed by atoms with Crippen molar-refractivity contribution in [3.05, 3.63) is 63.6 Å². The molecule has 29 heavy (non-hydrogen) atoms. The largest absolute Gasteiger partial charge is 0.463 e. The van der Waals surface area contributed by atoms with Crippen LogP contribution < -0.4 is 5.32 Å². The maximum absolute atomic E-state index is 12.4. The predicted molar refractivity (Wildman–Crippen MR) is 117 cm³/mol. The van der Waals surface area contributed by atoms with E-state index in [1.54, 1.807) is 18.2 Å². The standard InChI is InChI=1S/C23H25Cl2NO3/c1-14(2)29-23(28)17-5-3-15(4-6-17)16-7-10-19(11-8-16)26-22(27)18-9-12-20(24)21(25)13-18/h7-15,17H,3-6H2,1-2H3,(H,26,27)/t15-,17+. The van der Waals surface area contributed by atoms with Gasteiger partial charge in [-0.3, -0.25) is 9.59 Å². The van der Waals surface area contributed by atoms with Crippen molar-refractivity contribution in [2.75, 3.05) is 5.32 Å². The molecule has 0 saturated heterocycles. The molecule has 0 spiro atoms. The van der Waals surface area contributed by atoms with E-state index in [9.17, 15) is 9.59 Å². The number of carbonyl (C=O) groups excluding carboxylic acids is 2. The van der Waals surface area contributed by atoms with Crippen LogP contribution in [0.2, 0.25) is 10.0 Å². The van der Waals surface area contributed by atoms with Crippen molar-refractivity contribution in [2.24, 2.45) is 5.92 Å². The molecule has 0 bridgehead atoms. The van der Waals surface area contributed by atoms with Crippen molar-refractivity contribution in [3.63, 3.8) is 0 Å². The van der Waals surface area contributed by atoms with E-state index in [0.717, 1.165) is 31.4 Å². The molecule has 4 nitrogen and oxygen atoms in total. The lowest BCUT2D eigenvalue weighted by atomic mass is 9.78. The van der Waals surface area contributed by atoms with Crippen LogP contribution in [0.3, 0.4) is 0 Å². The van der Waals surface area contributed by atoms with E-state index in [-0.39, 0.29) is 23.9 Å². The second-order valence-corrected chi connectivity index (χ2v) is 8.55. The van der Waals surface area contributed by atoms with Crippen LogP contribution in [0.1, 0.15) is 61.4 Å². The van der Waals surface area contributed by atoms with E-state index < -0.39 is 0 Å². The minimum atomic E-state index is -0.236. The van der Waals surface area contributed by atoms with E-state index in [2.05, 4.69) is 5.32 Å². The molecule has 0 atom stereocenters. The van der Waals surface area contributed by atoms with Crippen LogP contribution in [0.5, 0.6) is 0 Å². The summed E-state index contributed by atoms with van der Waals surface area (Å²) in [6, 6.07) is 12.7. The third kappa shape index (κ3) is 5.74. The molecule has 3 rings (SSSR count). The summed E-state index contributed by atoms with van der Waals surface area (Å²) in [6.45, 7) is 3.76. The average Bonchev–Trinajstić information content (AvgIpc) is 2.70. The monoisotopic (exact) mass is 433 g/mol. The van der Waals surface area contributed by atoms with Gasteiger partial charge < -0.3 is 10.1 Å². The molecule has 0 heterocycles. The minimum absolute atomic E-state index is 0.0124. The lowest BCUT2D eigenvalue weighted by molar-refractivity contribution is -0.153. The Hall–Kier alpha value is -2.04. The first-order valence-electron chi connectivity index (χ1n) is 9.90. The second-order valence-electron chi connectivity index (χ2n) is 7.74. The number of halogens is 2. The molecule has 0 aromatic heterocycles. The van der Waals surface area contributed by atoms with Crippen LogP contribution >= 0.6 is 23.2 Å². The zero-order valence-electron chi connectivity index (χ0n) is 16.6. The maximum Gasteiger partial charge on any atom is 0.309 e. The number of ether oxygens (including phenoxy) is 1. The molecular weight excluding hydrogens is 409 g/mol. The van der Waals surface area contributed by atoms with Crippen LogP contribution in [0.25, 0.3) is 0 Å². The van der Waals surface area contributed by atoms with Crippen molar-refractivity contribution in [2.45, 2.75) is 51.6 Å². The van der Waals surface area contributed by atoms with Crippen LogP contribution in [0.15, 0.2) is 42.5 Å². The Labute approximate surface area is 181 Å². The van der Waals surface area contributed by atoms with Gasteiger partial charge in [0.2, 0.25) is 0 Å². The summed E-state index contributed by atoms with van der Waals surface area (Å²) >= 11 is 11.9. The molecule has 154 valence electrons. The molecule has 2 aromatic rings. The Morgan fingerprint density at radius 3 is 2.21 bits per heavy atom. The summed E-state index contributed by atoms with van der Waals surface area (Å²) in [4.78, 5) is 24.5. The van der Waals surface area contributed by atoms with E-state index in [0.29, 0.717) is 21.5 Å². The average molecular weight is 434 g/mol. The molecule has 0 unspecified atom stereocenters. The van der Waals surface area contributed by atoms with Crippen molar-refractivity contribution < 1.29 is 14.3 Å². The fraction of sp³-hybridized carbons (Fsp3) is 0.391. The van der Waals surface area contributed by atoms with Crippen LogP contribution in [-0.2, 0) is 9.53 Å². The van der Waals surface area contributed by atoms with Gasteiger partial charge in [0.1, 0.15) is 0 Å². The number of hydrogen-bond acceptors (Lipinski definition) is 3. The number of nitrogens with one attached hydrogen (secondary N) is 1. The number of hydrogen-bond donors (Lipinski definition) is 1. The highest BCUT2D eigenvalue weighted by molar-refractivity contribution is 6.42. The molecule has 1 amide bonds. The number of rotatable bonds is 5. The molecule has 2 aromatic carbocycles. The van der Waals surface area contributed by atoms with E-state index >= 15 is 0 Å². The molecule has 0 aliphatic heterocycles. The quantitative estimate of drug-likeness (QED) is 0.549. The molecule has 1 saturated carbocycles. The van der Waals surface area contributed by atoms with E-state index in [1.165, 1.54) is 5.56 Å². The second kappa shape index (κ2) is 9.64. The van der Waals surface area contributed by atoms with Gasteiger partial charge in [-0.1, -0.05) is 35.3 Å². The van der Waals surface area contributed by atoms with E-state index in [4.69, 9.17) is 27.9 Å². The minimum Gasteiger partial charge on any atom is -0.463 e. The van der Waals surface area contributed by atoms with Gasteiger partial charge >= 0.3 is 5.97 Å². The molecular formula is C23H25Cl2NO3. The number of amides is 1. The number of anilines is 1. The van der Waals surface area contributed by atoms with Crippen LogP contribution in [0.4, 0.5) is 5.69 Å². The van der Waals surface area contributed by atoms with Gasteiger partial charge in [0, 0.05) is 11.3 Å². The normalized spacial score (nSPS) is 19.1. The van der Waals surface area contributed by atoms with Crippen molar-refractivity contribution >= 4 is 40.8 Å². The van der Waals surface area contributed by atoms with Crippen LogP contribution in [0, 0.1) is 5.92 Å². The summed E-state index contributed by atoms with van der Waals surface area (Å²) in [5, 5.41) is 3.64. The van der Waals surface area contributed by atoms with Crippen LogP contribution in [-0.4, -0.2) is 18.0 Å². The molecule has 1 aliphatic carbocycles. The van der Waals surface area contributed by atoms with Gasteiger partial charge in [-0.15, -0.1) is 0 Å². The molecule has 1 aliphatic rings. The highest BCUT2D eigenvalue weighted by Gasteiger charge is 2.28. The van der Waals surface area contributed by atoms with Gasteiger partial charge in [0.15, 0.2) is 0 Å². The SMILES string of the molecule is CC(C)OC(=O)[C@H]1CC[C@@H](c2ccc(NC(=O)c3ccc(Cl)c(Cl)c3)cc2)CC1. The fourth-order valence-electron chi connectivity index (χ4n) is 3.67. The molecule has 1 fully saturated rings. The molecule has 6 heteroatoms. The fourth-order valence-corrected chi connectivity index (χ4v) is 3.97.